The van der Waals surface area contributed by atoms with Crippen LogP contribution in [0.2, 0.25) is 0 Å². The van der Waals surface area contributed by atoms with Crippen LogP contribution in [-0.4, -0.2) is 88.1 Å². The number of rotatable bonds is 0. The van der Waals surface area contributed by atoms with Gasteiger partial charge in [0.1, 0.15) is 11.5 Å². The summed E-state index contributed by atoms with van der Waals surface area (Å²) in [5.41, 5.74) is 5.49. The van der Waals surface area contributed by atoms with Crippen molar-refractivity contribution in [2.24, 2.45) is 9.98 Å². The Morgan fingerprint density at radius 3 is 1.54 bits per heavy atom. The van der Waals surface area contributed by atoms with Crippen molar-refractivity contribution in [3.05, 3.63) is 46.5 Å². The summed E-state index contributed by atoms with van der Waals surface area (Å²) in [5, 5.41) is 29.5. The Morgan fingerprint density at radius 2 is 1.08 bits per heavy atom. The molecule has 0 aromatic heterocycles. The first-order valence-corrected chi connectivity index (χ1v) is 13.6. The fraction of sp³-hybridized carbons (Fsp3) is 0.517. The molecule has 2 aromatic carbocycles. The molecule has 3 aliphatic rings. The van der Waals surface area contributed by atoms with Gasteiger partial charge >= 0.3 is 0 Å². The van der Waals surface area contributed by atoms with E-state index in [1.54, 1.807) is 12.4 Å². The van der Waals surface area contributed by atoms with E-state index in [1.165, 1.54) is 0 Å². The highest BCUT2D eigenvalue weighted by Crippen LogP contribution is 2.33. The van der Waals surface area contributed by atoms with Gasteiger partial charge in [-0.15, -0.1) is 0 Å². The number of aliphatic imine (C=N–C) groups is 2. The molecule has 37 heavy (non-hydrogen) atoms. The van der Waals surface area contributed by atoms with Gasteiger partial charge in [0.2, 0.25) is 0 Å². The van der Waals surface area contributed by atoms with Gasteiger partial charge in [-0.25, -0.2) is 0 Å². The number of benzene rings is 2. The number of hydrogen-bond acceptors (Lipinski definition) is 8. The lowest BCUT2D eigenvalue weighted by Gasteiger charge is -2.29. The average molecular weight is 507 g/mol. The van der Waals surface area contributed by atoms with E-state index in [-0.39, 0.29) is 0 Å². The predicted molar refractivity (Wildman–Crippen MR) is 155 cm³/mol. The van der Waals surface area contributed by atoms with E-state index < -0.39 is 0 Å². The highest BCUT2D eigenvalue weighted by atomic mass is 16.3. The molecule has 8 nitrogen and oxygen atoms in total. The van der Waals surface area contributed by atoms with Crippen LogP contribution in [0.1, 0.15) is 41.5 Å². The predicted octanol–water partition coefficient (Wildman–Crippen LogP) is 3.24. The molecule has 3 heterocycles. The number of nitrogens with zero attached hydrogens (tertiary/aromatic N) is 4. The van der Waals surface area contributed by atoms with Crippen LogP contribution in [0.5, 0.6) is 11.5 Å². The van der Waals surface area contributed by atoms with E-state index in [0.717, 1.165) is 105 Å². The molecule has 8 heteroatoms. The second kappa shape index (κ2) is 13.4. The number of hydrogen-bond donors (Lipinski definition) is 4. The van der Waals surface area contributed by atoms with Gasteiger partial charge in [0.25, 0.3) is 0 Å². The molecular formula is C29H42N6O2. The van der Waals surface area contributed by atoms with Gasteiger partial charge in [0.15, 0.2) is 0 Å². The fourth-order valence-electron chi connectivity index (χ4n) is 5.01. The normalized spacial score (nSPS) is 18.4. The zero-order chi connectivity index (χ0) is 26.0. The highest BCUT2D eigenvalue weighted by Gasteiger charge is 2.17. The number of anilines is 2. The number of fused-ring (bicyclic) bond motifs is 14. The molecule has 1 fully saturated rings. The number of aryl methyl sites for hydroxylation is 2. The summed E-state index contributed by atoms with van der Waals surface area (Å²) in [6.45, 7) is 12.2. The lowest BCUT2D eigenvalue weighted by Crippen LogP contribution is -2.38. The molecule has 0 radical (unpaired) electrons. The highest BCUT2D eigenvalue weighted by molar-refractivity contribution is 5.88. The fourth-order valence-corrected chi connectivity index (χ4v) is 5.01. The first-order valence-electron chi connectivity index (χ1n) is 13.6. The first-order chi connectivity index (χ1) is 18.0. The van der Waals surface area contributed by atoms with E-state index in [1.807, 2.05) is 12.1 Å². The molecule has 4 N–H and O–H groups in total. The summed E-state index contributed by atoms with van der Waals surface area (Å²) in [4.78, 5) is 13.7. The van der Waals surface area contributed by atoms with Crippen LogP contribution in [0, 0.1) is 13.8 Å². The Bertz CT molecular complexity index is 999. The summed E-state index contributed by atoms with van der Waals surface area (Å²) in [5.74, 6) is 0.598. The Kier molecular flexibility index (Phi) is 9.79. The van der Waals surface area contributed by atoms with E-state index in [4.69, 9.17) is 0 Å². The van der Waals surface area contributed by atoms with Gasteiger partial charge in [-0.1, -0.05) is 0 Å². The maximum atomic E-state index is 11.1. The minimum absolute atomic E-state index is 0.299. The second-order valence-corrected chi connectivity index (χ2v) is 10.0. The summed E-state index contributed by atoms with van der Waals surface area (Å²) >= 11 is 0. The van der Waals surface area contributed by atoms with Crippen molar-refractivity contribution in [1.82, 2.24) is 10.6 Å². The van der Waals surface area contributed by atoms with Crippen LogP contribution in [0.4, 0.5) is 11.4 Å². The maximum Gasteiger partial charge on any atom is 0.147 e. The van der Waals surface area contributed by atoms with E-state index >= 15 is 0 Å². The van der Waals surface area contributed by atoms with Gasteiger partial charge in [0, 0.05) is 75.9 Å². The zero-order valence-electron chi connectivity index (χ0n) is 22.3. The maximum absolute atomic E-state index is 11.1. The molecule has 0 atom stereocenters. The summed E-state index contributed by atoms with van der Waals surface area (Å²) in [6, 6.07) is 8.13. The first kappa shape index (κ1) is 26.9. The molecule has 2 aromatic rings. The largest absolute Gasteiger partial charge is 0.505 e. The Morgan fingerprint density at radius 1 is 0.622 bits per heavy atom. The summed E-state index contributed by atoms with van der Waals surface area (Å²) in [6.07, 6.45) is 6.29. The number of phenols is 2. The third-order valence-electron chi connectivity index (χ3n) is 6.92. The van der Waals surface area contributed by atoms with Crippen molar-refractivity contribution in [1.29, 1.82) is 0 Å². The van der Waals surface area contributed by atoms with Gasteiger partial charge < -0.3 is 30.6 Å². The van der Waals surface area contributed by atoms with Gasteiger partial charge in [-0.05, 0) is 81.6 Å². The average Bonchev–Trinajstić information content (AvgIpc) is 2.87. The van der Waals surface area contributed by atoms with E-state index in [2.05, 4.69) is 56.4 Å². The minimum atomic E-state index is 0.299. The number of aromatic hydroxyl groups is 2. The van der Waals surface area contributed by atoms with E-state index in [0.29, 0.717) is 24.6 Å². The van der Waals surface area contributed by atoms with Crippen LogP contribution >= 0.6 is 0 Å². The third kappa shape index (κ3) is 7.46. The molecular weight excluding hydrogens is 464 g/mol. The molecule has 5 rings (SSSR count). The molecule has 0 aliphatic carbocycles. The van der Waals surface area contributed by atoms with E-state index in [9.17, 15) is 10.2 Å². The van der Waals surface area contributed by atoms with Crippen molar-refractivity contribution < 1.29 is 10.2 Å². The van der Waals surface area contributed by atoms with Crippen LogP contribution < -0.4 is 20.4 Å². The second-order valence-electron chi connectivity index (χ2n) is 10.0. The Balaban J connectivity index is 1.67. The van der Waals surface area contributed by atoms with Crippen molar-refractivity contribution in [2.45, 2.75) is 33.1 Å². The Hall–Kier alpha value is -3.10. The zero-order valence-corrected chi connectivity index (χ0v) is 22.3. The monoisotopic (exact) mass is 506 g/mol. The molecule has 0 amide bonds. The molecule has 6 bridgehead atoms. The molecule has 1 saturated heterocycles. The minimum Gasteiger partial charge on any atom is -0.505 e. The van der Waals surface area contributed by atoms with Crippen molar-refractivity contribution >= 4 is 23.8 Å². The van der Waals surface area contributed by atoms with Crippen LogP contribution in [0.25, 0.3) is 0 Å². The molecule has 0 spiro atoms. The van der Waals surface area contributed by atoms with Crippen molar-refractivity contribution in [2.75, 3.05) is 75.2 Å². The Labute approximate surface area is 221 Å². The number of nitrogens with one attached hydrogen (secondary N) is 2. The summed E-state index contributed by atoms with van der Waals surface area (Å²) in [7, 11) is 0. The molecule has 0 saturated carbocycles. The van der Waals surface area contributed by atoms with Crippen molar-refractivity contribution in [3.8, 4) is 11.5 Å². The van der Waals surface area contributed by atoms with Gasteiger partial charge in [-0.3, -0.25) is 9.98 Å². The SMILES string of the molecule is Cc1cc2c(O)c(c1)N1CCCNCCN(CCCNCC1)c1cc(C)cc(c1O)C=NCCCN=C2. The molecule has 200 valence electrons. The lowest BCUT2D eigenvalue weighted by atomic mass is 10.1. The van der Waals surface area contributed by atoms with Crippen LogP contribution in [0.3, 0.4) is 0 Å². The van der Waals surface area contributed by atoms with Gasteiger partial charge in [0.05, 0.1) is 11.4 Å². The van der Waals surface area contributed by atoms with Crippen LogP contribution in [0.15, 0.2) is 34.3 Å². The third-order valence-corrected chi connectivity index (χ3v) is 6.92. The lowest BCUT2D eigenvalue weighted by molar-refractivity contribution is 0.469. The molecule has 0 unspecified atom stereocenters. The van der Waals surface area contributed by atoms with Crippen LogP contribution in [-0.2, 0) is 0 Å². The van der Waals surface area contributed by atoms with Crippen molar-refractivity contribution in [3.63, 3.8) is 0 Å². The topological polar surface area (TPSA) is 95.7 Å². The smallest absolute Gasteiger partial charge is 0.147 e. The quantitative estimate of drug-likeness (QED) is 0.438. The standard InChI is InChI=1S/C29H42N6O2/c1-22-16-24-20-32-6-3-7-33-21-25-17-23(2)19-27(29(25)37)35-13-5-9-30-10-14-34(26(18-22)28(24)36)12-4-8-31-11-15-35/h16-21,30-31,36-37H,3-15H2,1-2H3. The van der Waals surface area contributed by atoms with Gasteiger partial charge in [-0.2, -0.15) is 0 Å². The molecule has 3 aliphatic heterocycles. The number of phenolic OH excluding ortho intramolecular Hbond substituents is 2. The summed E-state index contributed by atoms with van der Waals surface area (Å²) < 4.78 is 0.